The fourth-order valence-corrected chi connectivity index (χ4v) is 5.85. The highest BCUT2D eigenvalue weighted by atomic mass is 32.1. The van der Waals surface area contributed by atoms with E-state index < -0.39 is 12.0 Å². The molecule has 1 aromatic carbocycles. The van der Waals surface area contributed by atoms with Gasteiger partial charge in [0.2, 0.25) is 0 Å². The molecule has 7 heteroatoms. The molecule has 0 unspecified atom stereocenters. The van der Waals surface area contributed by atoms with E-state index in [0.29, 0.717) is 17.5 Å². The Bertz CT molecular complexity index is 1140. The van der Waals surface area contributed by atoms with Crippen LogP contribution in [-0.4, -0.2) is 32.6 Å². The Kier molecular flexibility index (Phi) is 7.71. The molecule has 2 N–H and O–H groups in total. The maximum absolute atomic E-state index is 13.1. The van der Waals surface area contributed by atoms with E-state index in [1.54, 1.807) is 11.3 Å². The summed E-state index contributed by atoms with van der Waals surface area (Å²) < 4.78 is 2.42. The predicted octanol–water partition coefficient (Wildman–Crippen LogP) is 6.06. The van der Waals surface area contributed by atoms with Crippen LogP contribution in [0.15, 0.2) is 35.7 Å². The van der Waals surface area contributed by atoms with Crippen molar-refractivity contribution in [1.29, 1.82) is 0 Å². The van der Waals surface area contributed by atoms with Crippen LogP contribution < -0.4 is 5.32 Å². The minimum atomic E-state index is -0.903. The summed E-state index contributed by atoms with van der Waals surface area (Å²) in [6.45, 7) is 6.32. The van der Waals surface area contributed by atoms with Crippen LogP contribution in [0.3, 0.4) is 0 Å². The van der Waals surface area contributed by atoms with E-state index in [9.17, 15) is 14.7 Å². The fourth-order valence-electron chi connectivity index (χ4n) is 5.15. The number of carbonyl (C=O) groups is 2. The number of aliphatic carboxylic acids is 1. The fraction of sp³-hybridized carbons (Fsp3) is 0.519. The Morgan fingerprint density at radius 3 is 2.74 bits per heavy atom. The molecule has 2 aromatic heterocycles. The van der Waals surface area contributed by atoms with Gasteiger partial charge in [0.15, 0.2) is 0 Å². The van der Waals surface area contributed by atoms with Gasteiger partial charge in [0.05, 0.1) is 17.5 Å². The van der Waals surface area contributed by atoms with Crippen molar-refractivity contribution in [3.05, 3.63) is 52.0 Å². The van der Waals surface area contributed by atoms with Crippen LogP contribution >= 0.6 is 11.3 Å². The second-order valence-electron chi connectivity index (χ2n) is 9.75. The molecule has 1 fully saturated rings. The summed E-state index contributed by atoms with van der Waals surface area (Å²) in [6, 6.07) is 9.97. The SMILES string of the molecule is CC[C@H](C)[C@@H](CC(=O)O)NC(=O)c1ccc2c(c1)nc(Cc1cccs1)n2[C@@H]1CCCC[C@H]1C. The van der Waals surface area contributed by atoms with Crippen molar-refractivity contribution in [1.82, 2.24) is 14.9 Å². The highest BCUT2D eigenvalue weighted by Crippen LogP contribution is 2.37. The number of hydrogen-bond acceptors (Lipinski definition) is 4. The topological polar surface area (TPSA) is 84.2 Å². The quantitative estimate of drug-likeness (QED) is 0.389. The zero-order chi connectivity index (χ0) is 24.2. The van der Waals surface area contributed by atoms with E-state index in [2.05, 4.69) is 34.3 Å². The van der Waals surface area contributed by atoms with Gasteiger partial charge in [-0.05, 0) is 54.3 Å². The van der Waals surface area contributed by atoms with Crippen LogP contribution in [-0.2, 0) is 11.2 Å². The number of imidazole rings is 1. The summed E-state index contributed by atoms with van der Waals surface area (Å²) in [4.78, 5) is 30.7. The highest BCUT2D eigenvalue weighted by molar-refractivity contribution is 7.09. The van der Waals surface area contributed by atoms with Gasteiger partial charge in [-0.15, -0.1) is 11.3 Å². The Morgan fingerprint density at radius 1 is 1.26 bits per heavy atom. The number of carboxylic acid groups (broad SMARTS) is 1. The molecule has 34 heavy (non-hydrogen) atoms. The maximum atomic E-state index is 13.1. The molecule has 0 radical (unpaired) electrons. The second-order valence-corrected chi connectivity index (χ2v) is 10.8. The highest BCUT2D eigenvalue weighted by Gasteiger charge is 2.28. The molecule has 0 bridgehead atoms. The molecule has 1 aliphatic rings. The van der Waals surface area contributed by atoms with E-state index in [1.807, 2.05) is 32.0 Å². The molecule has 3 aromatic rings. The van der Waals surface area contributed by atoms with E-state index in [0.717, 1.165) is 36.1 Å². The summed E-state index contributed by atoms with van der Waals surface area (Å²) in [5.74, 6) is 0.572. The third-order valence-corrected chi connectivity index (χ3v) is 8.25. The zero-order valence-corrected chi connectivity index (χ0v) is 21.1. The van der Waals surface area contributed by atoms with Crippen LogP contribution in [0, 0.1) is 11.8 Å². The molecule has 1 saturated carbocycles. The molecule has 6 nitrogen and oxygen atoms in total. The zero-order valence-electron chi connectivity index (χ0n) is 20.3. The summed E-state index contributed by atoms with van der Waals surface area (Å²) in [5, 5.41) is 14.3. The first-order valence-electron chi connectivity index (χ1n) is 12.4. The Hall–Kier alpha value is -2.67. The summed E-state index contributed by atoms with van der Waals surface area (Å²) in [6.07, 6.45) is 6.39. The van der Waals surface area contributed by atoms with Gasteiger partial charge in [0.1, 0.15) is 5.82 Å². The van der Waals surface area contributed by atoms with E-state index in [1.165, 1.54) is 24.1 Å². The first kappa shape index (κ1) is 24.5. The second kappa shape index (κ2) is 10.7. The van der Waals surface area contributed by atoms with Gasteiger partial charge in [-0.3, -0.25) is 9.59 Å². The molecule has 1 aliphatic carbocycles. The van der Waals surface area contributed by atoms with Crippen LogP contribution in [0.4, 0.5) is 0 Å². The van der Waals surface area contributed by atoms with Gasteiger partial charge >= 0.3 is 5.97 Å². The number of amides is 1. The molecule has 0 saturated heterocycles. The van der Waals surface area contributed by atoms with Gasteiger partial charge in [-0.25, -0.2) is 4.98 Å². The van der Waals surface area contributed by atoms with Crippen molar-refractivity contribution in [3.8, 4) is 0 Å². The molecular weight excluding hydrogens is 446 g/mol. The Labute approximate surface area is 205 Å². The summed E-state index contributed by atoms with van der Waals surface area (Å²) >= 11 is 1.74. The molecule has 182 valence electrons. The van der Waals surface area contributed by atoms with E-state index >= 15 is 0 Å². The number of nitrogens with one attached hydrogen (secondary N) is 1. The van der Waals surface area contributed by atoms with Crippen molar-refractivity contribution in [3.63, 3.8) is 0 Å². The molecule has 4 atom stereocenters. The van der Waals surface area contributed by atoms with Crippen LogP contribution in [0.1, 0.15) is 86.4 Å². The number of fused-ring (bicyclic) bond motifs is 1. The van der Waals surface area contributed by atoms with Crippen LogP contribution in [0.5, 0.6) is 0 Å². The van der Waals surface area contributed by atoms with Gasteiger partial charge in [-0.2, -0.15) is 0 Å². The van der Waals surface area contributed by atoms with Crippen molar-refractivity contribution < 1.29 is 14.7 Å². The Morgan fingerprint density at radius 2 is 2.06 bits per heavy atom. The lowest BCUT2D eigenvalue weighted by Gasteiger charge is -2.31. The van der Waals surface area contributed by atoms with Crippen molar-refractivity contribution in [2.45, 2.75) is 77.8 Å². The first-order valence-corrected chi connectivity index (χ1v) is 13.3. The number of benzene rings is 1. The van der Waals surface area contributed by atoms with Gasteiger partial charge in [0, 0.05) is 28.9 Å². The average molecular weight is 482 g/mol. The Balaban J connectivity index is 1.67. The lowest BCUT2D eigenvalue weighted by atomic mass is 9.85. The number of rotatable bonds is 9. The van der Waals surface area contributed by atoms with Gasteiger partial charge in [-0.1, -0.05) is 46.1 Å². The summed E-state index contributed by atoms with van der Waals surface area (Å²) in [7, 11) is 0. The molecular formula is C27H35N3O3S. The number of aromatic nitrogens is 2. The number of carbonyl (C=O) groups excluding carboxylic acids is 1. The lowest BCUT2D eigenvalue weighted by molar-refractivity contribution is -0.137. The van der Waals surface area contributed by atoms with Crippen molar-refractivity contribution in [2.75, 3.05) is 0 Å². The third kappa shape index (κ3) is 5.35. The number of nitrogens with zero attached hydrogens (tertiary/aromatic N) is 2. The third-order valence-electron chi connectivity index (χ3n) is 7.38. The van der Waals surface area contributed by atoms with Crippen LogP contribution in [0.2, 0.25) is 0 Å². The average Bonchev–Trinajstić information content (AvgIpc) is 3.45. The molecule has 0 aliphatic heterocycles. The molecule has 1 amide bonds. The predicted molar refractivity (Wildman–Crippen MR) is 136 cm³/mol. The monoisotopic (exact) mass is 481 g/mol. The lowest BCUT2D eigenvalue weighted by Crippen LogP contribution is -2.40. The maximum Gasteiger partial charge on any atom is 0.305 e. The molecule has 0 spiro atoms. The smallest absolute Gasteiger partial charge is 0.305 e. The molecule has 2 heterocycles. The standard InChI is InChI=1S/C27H35N3O3S/c1-4-17(2)21(16-26(31)32)29-27(33)19-11-12-24-22(14-19)28-25(15-20-9-7-13-34-20)30(24)23-10-6-5-8-18(23)3/h7,9,11-14,17-18,21,23H,4-6,8,10,15-16H2,1-3H3,(H,29,33)(H,31,32)/t17-,18+,21+,23+/m0/s1. The first-order chi connectivity index (χ1) is 16.4. The van der Waals surface area contributed by atoms with E-state index in [-0.39, 0.29) is 18.2 Å². The van der Waals surface area contributed by atoms with Gasteiger partial charge in [0.25, 0.3) is 5.91 Å². The number of thiophene rings is 1. The largest absolute Gasteiger partial charge is 0.481 e. The van der Waals surface area contributed by atoms with Crippen molar-refractivity contribution >= 4 is 34.2 Å². The number of hydrogen-bond donors (Lipinski definition) is 2. The summed E-state index contributed by atoms with van der Waals surface area (Å²) in [5.41, 5.74) is 2.43. The molecule has 4 rings (SSSR count). The number of carboxylic acids is 1. The van der Waals surface area contributed by atoms with Crippen molar-refractivity contribution in [2.24, 2.45) is 11.8 Å². The van der Waals surface area contributed by atoms with Crippen LogP contribution in [0.25, 0.3) is 11.0 Å². The minimum Gasteiger partial charge on any atom is -0.481 e. The van der Waals surface area contributed by atoms with E-state index in [4.69, 9.17) is 4.98 Å². The normalized spacial score (nSPS) is 20.2. The van der Waals surface area contributed by atoms with Gasteiger partial charge < -0.3 is 15.0 Å². The minimum absolute atomic E-state index is 0.0770.